The highest BCUT2D eigenvalue weighted by molar-refractivity contribution is 5.88. The Bertz CT molecular complexity index is 1280. The molecule has 3 N–H and O–H groups in total. The fourth-order valence-corrected chi connectivity index (χ4v) is 5.81. The van der Waals surface area contributed by atoms with E-state index in [9.17, 15) is 9.59 Å². The van der Waals surface area contributed by atoms with Gasteiger partial charge >= 0.3 is 0 Å². The average molecular weight is 514 g/mol. The third-order valence-electron chi connectivity index (χ3n) is 8.20. The van der Waals surface area contributed by atoms with Crippen molar-refractivity contribution in [2.75, 3.05) is 0 Å². The minimum absolute atomic E-state index is 0.00733. The van der Waals surface area contributed by atoms with Crippen molar-refractivity contribution in [3.05, 3.63) is 88.5 Å². The molecule has 0 spiro atoms. The van der Waals surface area contributed by atoms with E-state index in [1.54, 1.807) is 4.90 Å². The molecule has 2 aromatic carbocycles. The number of fused-ring (bicyclic) bond motifs is 1. The molecular formula is C31H39N5O2. The van der Waals surface area contributed by atoms with Crippen molar-refractivity contribution >= 4 is 11.8 Å². The van der Waals surface area contributed by atoms with Crippen LogP contribution in [0.2, 0.25) is 0 Å². The summed E-state index contributed by atoms with van der Waals surface area (Å²) in [4.78, 5) is 33.7. The van der Waals surface area contributed by atoms with Gasteiger partial charge in [0.05, 0.1) is 24.3 Å². The van der Waals surface area contributed by atoms with Crippen LogP contribution in [0.1, 0.15) is 65.7 Å². The number of nitrogens with two attached hydrogens (primary N) is 1. The molecule has 1 aromatic heterocycles. The number of amides is 2. The van der Waals surface area contributed by atoms with E-state index in [4.69, 9.17) is 10.7 Å². The first-order valence-corrected chi connectivity index (χ1v) is 13.9. The largest absolute Gasteiger partial charge is 0.350 e. The molecule has 7 heteroatoms. The van der Waals surface area contributed by atoms with Gasteiger partial charge in [-0.2, -0.15) is 0 Å². The van der Waals surface area contributed by atoms with Crippen LogP contribution in [0.3, 0.4) is 0 Å². The monoisotopic (exact) mass is 513 g/mol. The van der Waals surface area contributed by atoms with Crippen molar-refractivity contribution in [2.24, 2.45) is 5.73 Å². The fourth-order valence-electron chi connectivity index (χ4n) is 5.81. The number of hydrogen-bond donors (Lipinski definition) is 2. The lowest BCUT2D eigenvalue weighted by Crippen LogP contribution is -2.57. The zero-order valence-electron chi connectivity index (χ0n) is 22.5. The molecule has 0 bridgehead atoms. The van der Waals surface area contributed by atoms with Gasteiger partial charge in [0.25, 0.3) is 0 Å². The Morgan fingerprint density at radius 2 is 1.87 bits per heavy atom. The normalized spacial score (nSPS) is 21.1. The molecule has 3 aromatic rings. The molecule has 0 radical (unpaired) electrons. The van der Waals surface area contributed by atoms with Gasteiger partial charge in [-0.1, -0.05) is 66.9 Å². The molecule has 1 aliphatic heterocycles. The summed E-state index contributed by atoms with van der Waals surface area (Å²) in [6, 6.07) is 15.8. The third kappa shape index (κ3) is 5.83. The number of nitrogens with one attached hydrogen (secondary N) is 1. The predicted octanol–water partition coefficient (Wildman–Crippen LogP) is 3.82. The quantitative estimate of drug-likeness (QED) is 0.502. The highest BCUT2D eigenvalue weighted by atomic mass is 16.2. The first kappa shape index (κ1) is 26.2. The SMILES string of the molecule is Cc1ccc(C)c(Cn2cnc3c2CN(C(=O)CCc2ccccc2)C(C(=O)NC2CCCCC2N)C3)c1. The Labute approximate surface area is 225 Å². The number of aromatic nitrogens is 2. The zero-order valence-corrected chi connectivity index (χ0v) is 22.5. The Morgan fingerprint density at radius 1 is 1.08 bits per heavy atom. The fraction of sp³-hybridized carbons (Fsp3) is 0.452. The predicted molar refractivity (Wildman–Crippen MR) is 148 cm³/mol. The molecule has 7 nitrogen and oxygen atoms in total. The van der Waals surface area contributed by atoms with Gasteiger partial charge in [-0.25, -0.2) is 4.98 Å². The van der Waals surface area contributed by atoms with Crippen LogP contribution in [-0.4, -0.2) is 44.4 Å². The van der Waals surface area contributed by atoms with Gasteiger partial charge in [0.1, 0.15) is 6.04 Å². The van der Waals surface area contributed by atoms with Gasteiger partial charge in [0.15, 0.2) is 0 Å². The van der Waals surface area contributed by atoms with Crippen molar-refractivity contribution < 1.29 is 9.59 Å². The van der Waals surface area contributed by atoms with E-state index >= 15 is 0 Å². The minimum atomic E-state index is -0.580. The van der Waals surface area contributed by atoms with Crippen LogP contribution in [0.4, 0.5) is 0 Å². The number of imidazole rings is 1. The van der Waals surface area contributed by atoms with E-state index in [0.717, 1.165) is 42.6 Å². The van der Waals surface area contributed by atoms with Crippen molar-refractivity contribution in [1.29, 1.82) is 0 Å². The van der Waals surface area contributed by atoms with E-state index in [0.29, 0.717) is 32.4 Å². The van der Waals surface area contributed by atoms with Crippen molar-refractivity contribution in [1.82, 2.24) is 19.8 Å². The van der Waals surface area contributed by atoms with Crippen LogP contribution in [0.25, 0.3) is 0 Å². The molecular weight excluding hydrogens is 474 g/mol. The standard InChI is InChI=1S/C31H39N5O2/c1-21-12-13-22(2)24(16-21)18-35-20-33-27-17-28(31(38)34-26-11-7-6-10-25(26)32)36(19-29(27)35)30(37)15-14-23-8-4-3-5-9-23/h3-5,8-9,12-13,16,20,25-26,28H,6-7,10-11,14-15,17-19,32H2,1-2H3,(H,34,38). The van der Waals surface area contributed by atoms with Crippen LogP contribution in [0.15, 0.2) is 54.9 Å². The lowest BCUT2D eigenvalue weighted by Gasteiger charge is -2.37. The van der Waals surface area contributed by atoms with E-state index in [2.05, 4.69) is 41.9 Å². The van der Waals surface area contributed by atoms with Crippen molar-refractivity contribution in [3.8, 4) is 0 Å². The first-order valence-electron chi connectivity index (χ1n) is 13.9. The smallest absolute Gasteiger partial charge is 0.243 e. The van der Waals surface area contributed by atoms with E-state index in [1.165, 1.54) is 16.7 Å². The van der Waals surface area contributed by atoms with Gasteiger partial charge in [-0.05, 0) is 49.8 Å². The summed E-state index contributed by atoms with van der Waals surface area (Å²) in [7, 11) is 0. The topological polar surface area (TPSA) is 93.2 Å². The summed E-state index contributed by atoms with van der Waals surface area (Å²) in [6.07, 6.45) is 7.25. The van der Waals surface area contributed by atoms with Gasteiger partial charge < -0.3 is 20.5 Å². The molecule has 1 aliphatic carbocycles. The zero-order chi connectivity index (χ0) is 26.6. The number of hydrogen-bond acceptors (Lipinski definition) is 4. The summed E-state index contributed by atoms with van der Waals surface area (Å²) in [5.74, 6) is -0.123. The second-order valence-electron chi connectivity index (χ2n) is 11.0. The Morgan fingerprint density at radius 3 is 2.66 bits per heavy atom. The number of aryl methyl sites for hydroxylation is 3. The molecule has 1 saturated carbocycles. The van der Waals surface area contributed by atoms with Crippen LogP contribution < -0.4 is 11.1 Å². The summed E-state index contributed by atoms with van der Waals surface area (Å²) in [5.41, 5.74) is 13.0. The lowest BCUT2D eigenvalue weighted by molar-refractivity contribution is -0.142. The van der Waals surface area contributed by atoms with Gasteiger partial charge in [0.2, 0.25) is 11.8 Å². The van der Waals surface area contributed by atoms with Crippen LogP contribution in [0.5, 0.6) is 0 Å². The van der Waals surface area contributed by atoms with Crippen LogP contribution in [0, 0.1) is 13.8 Å². The summed E-state index contributed by atoms with van der Waals surface area (Å²) >= 11 is 0. The number of carbonyl (C=O) groups is 2. The van der Waals surface area contributed by atoms with Crippen molar-refractivity contribution in [2.45, 2.75) is 90.0 Å². The molecule has 200 valence electrons. The Kier molecular flexibility index (Phi) is 7.93. The van der Waals surface area contributed by atoms with Gasteiger partial charge in [-0.3, -0.25) is 9.59 Å². The second-order valence-corrected chi connectivity index (χ2v) is 11.0. The Balaban J connectivity index is 1.38. The van der Waals surface area contributed by atoms with Crippen molar-refractivity contribution in [3.63, 3.8) is 0 Å². The highest BCUT2D eigenvalue weighted by Crippen LogP contribution is 2.26. The van der Waals surface area contributed by atoms with Gasteiger partial charge in [0, 0.05) is 31.5 Å². The molecule has 5 rings (SSSR count). The maximum atomic E-state index is 13.6. The summed E-state index contributed by atoms with van der Waals surface area (Å²) in [5, 5.41) is 3.20. The highest BCUT2D eigenvalue weighted by Gasteiger charge is 2.38. The third-order valence-corrected chi connectivity index (χ3v) is 8.20. The van der Waals surface area contributed by atoms with Crippen LogP contribution in [-0.2, 0) is 35.5 Å². The number of rotatable bonds is 7. The van der Waals surface area contributed by atoms with Gasteiger partial charge in [-0.15, -0.1) is 0 Å². The van der Waals surface area contributed by atoms with Crippen LogP contribution >= 0.6 is 0 Å². The molecule has 1 fully saturated rings. The Hall–Kier alpha value is -3.45. The number of nitrogens with zero attached hydrogens (tertiary/aromatic N) is 3. The molecule has 2 amide bonds. The minimum Gasteiger partial charge on any atom is -0.350 e. The molecule has 3 unspecified atom stereocenters. The average Bonchev–Trinajstić information content (AvgIpc) is 3.32. The molecule has 3 atom stereocenters. The first-order chi connectivity index (χ1) is 18.4. The van der Waals surface area contributed by atoms with E-state index < -0.39 is 6.04 Å². The molecule has 2 aliphatic rings. The second kappa shape index (κ2) is 11.5. The van der Waals surface area contributed by atoms with E-state index in [1.807, 2.05) is 36.7 Å². The molecule has 38 heavy (non-hydrogen) atoms. The summed E-state index contributed by atoms with van der Waals surface area (Å²) in [6.45, 7) is 5.28. The number of carbonyl (C=O) groups excluding carboxylic acids is 2. The van der Waals surface area contributed by atoms with E-state index in [-0.39, 0.29) is 23.9 Å². The maximum absolute atomic E-state index is 13.6. The maximum Gasteiger partial charge on any atom is 0.243 e. The number of benzene rings is 2. The summed E-state index contributed by atoms with van der Waals surface area (Å²) < 4.78 is 2.14. The molecule has 0 saturated heterocycles. The lowest BCUT2D eigenvalue weighted by atomic mass is 9.90. The molecule has 2 heterocycles.